The van der Waals surface area contributed by atoms with Crippen LogP contribution in [0.1, 0.15) is 34.1 Å². The summed E-state index contributed by atoms with van der Waals surface area (Å²) in [5.74, 6) is 0. The molecule has 1 nitrogen and oxygen atoms in total. The molecule has 14 heavy (non-hydrogen) atoms. The quantitative estimate of drug-likeness (QED) is 0.651. The molecule has 0 aromatic heterocycles. The third-order valence-corrected chi connectivity index (χ3v) is 1.89. The van der Waals surface area contributed by atoms with Crippen LogP contribution < -0.4 is 0 Å². The zero-order valence-electron chi connectivity index (χ0n) is 8.78. The molecule has 5 heteroatoms. The van der Waals surface area contributed by atoms with E-state index in [-0.39, 0.29) is 6.42 Å². The van der Waals surface area contributed by atoms with Crippen molar-refractivity contribution in [2.45, 2.75) is 52.8 Å². The average Bonchev–Trinajstić information content (AvgIpc) is 1.97. The van der Waals surface area contributed by atoms with E-state index in [1.807, 2.05) is 0 Å². The van der Waals surface area contributed by atoms with Crippen LogP contribution in [0.15, 0.2) is 0 Å². The molecule has 0 aliphatic rings. The largest absolute Gasteiger partial charge is 0.416 e. The van der Waals surface area contributed by atoms with Gasteiger partial charge in [-0.15, -0.1) is 0 Å². The molecule has 0 saturated heterocycles. The summed E-state index contributed by atoms with van der Waals surface area (Å²) in [5.41, 5.74) is -0.576. The Morgan fingerprint density at radius 3 is 1.79 bits per heavy atom. The van der Waals surface area contributed by atoms with Gasteiger partial charge >= 0.3 is 12.5 Å². The summed E-state index contributed by atoms with van der Waals surface area (Å²) >= 11 is 0. The Balaban J connectivity index is 4.47. The lowest BCUT2D eigenvalue weighted by molar-refractivity contribution is -0.329. The van der Waals surface area contributed by atoms with Crippen molar-refractivity contribution < 1.29 is 22.3 Å². The van der Waals surface area contributed by atoms with E-state index < -0.39 is 24.1 Å². The van der Waals surface area contributed by atoms with E-state index in [0.717, 1.165) is 0 Å². The van der Waals surface area contributed by atoms with Gasteiger partial charge in [0, 0.05) is 0 Å². The minimum absolute atomic E-state index is 0.270. The molecule has 0 saturated carbocycles. The zero-order chi connectivity index (χ0) is 11.6. The van der Waals surface area contributed by atoms with Crippen molar-refractivity contribution in [2.75, 3.05) is 0 Å². The minimum atomic E-state index is -4.35. The van der Waals surface area contributed by atoms with Crippen LogP contribution in [0.5, 0.6) is 0 Å². The van der Waals surface area contributed by atoms with Gasteiger partial charge in [0.2, 0.25) is 0 Å². The van der Waals surface area contributed by atoms with Crippen molar-refractivity contribution in [3.05, 3.63) is 0 Å². The van der Waals surface area contributed by atoms with Gasteiger partial charge in [-0.1, -0.05) is 27.7 Å². The average molecular weight is 216 g/mol. The Kier molecular flexibility index (Phi) is 4.36. The first kappa shape index (κ1) is 13.7. The number of rotatable bonds is 4. The van der Waals surface area contributed by atoms with Crippen molar-refractivity contribution >= 4 is 0 Å². The molecule has 1 atom stereocenters. The molecule has 0 bridgehead atoms. The maximum absolute atomic E-state index is 12.5. The van der Waals surface area contributed by atoms with Gasteiger partial charge in [-0.3, -0.25) is 0 Å². The molecular weight excluding hydrogens is 200 g/mol. The molecular formula is C9H16F4O. The van der Waals surface area contributed by atoms with Crippen LogP contribution in [-0.2, 0) is 4.74 Å². The molecule has 1 unspecified atom stereocenters. The third kappa shape index (κ3) is 3.82. The molecule has 0 spiro atoms. The summed E-state index contributed by atoms with van der Waals surface area (Å²) in [7, 11) is 0. The normalized spacial score (nSPS) is 16.1. The fourth-order valence-corrected chi connectivity index (χ4v) is 1.11. The van der Waals surface area contributed by atoms with E-state index >= 15 is 0 Å². The minimum Gasteiger partial charge on any atom is -0.312 e. The summed E-state index contributed by atoms with van der Waals surface area (Å²) in [5, 5.41) is 0. The van der Waals surface area contributed by atoms with Gasteiger partial charge < -0.3 is 4.74 Å². The predicted molar refractivity (Wildman–Crippen MR) is 45.6 cm³/mol. The van der Waals surface area contributed by atoms with Gasteiger partial charge in [0.05, 0.1) is 6.10 Å². The van der Waals surface area contributed by atoms with E-state index in [2.05, 4.69) is 4.74 Å². The second kappa shape index (κ2) is 4.47. The molecule has 0 aromatic rings. The second-order valence-corrected chi connectivity index (χ2v) is 4.24. The van der Waals surface area contributed by atoms with Gasteiger partial charge in [-0.05, 0) is 11.8 Å². The predicted octanol–water partition coefficient (Wildman–Crippen LogP) is 3.69. The van der Waals surface area contributed by atoms with Crippen LogP contribution in [0, 0.1) is 5.41 Å². The highest BCUT2D eigenvalue weighted by Gasteiger charge is 2.46. The first-order valence-electron chi connectivity index (χ1n) is 4.45. The SMILES string of the molecule is CCC(OC(F)(F)C(F)F)C(C)(C)C. The summed E-state index contributed by atoms with van der Waals surface area (Å²) in [6.45, 7) is 6.63. The monoisotopic (exact) mass is 216 g/mol. The fourth-order valence-electron chi connectivity index (χ4n) is 1.11. The van der Waals surface area contributed by atoms with Crippen LogP contribution in [0.3, 0.4) is 0 Å². The van der Waals surface area contributed by atoms with Crippen molar-refractivity contribution in [2.24, 2.45) is 5.41 Å². The molecule has 0 rings (SSSR count). The molecule has 86 valence electrons. The molecule has 0 fully saturated rings. The molecule has 0 aromatic carbocycles. The van der Waals surface area contributed by atoms with E-state index in [1.165, 1.54) is 0 Å². The lowest BCUT2D eigenvalue weighted by atomic mass is 9.87. The Labute approximate surface area is 81.4 Å². The van der Waals surface area contributed by atoms with Crippen LogP contribution in [0.2, 0.25) is 0 Å². The number of hydrogen-bond donors (Lipinski definition) is 0. The number of hydrogen-bond acceptors (Lipinski definition) is 1. The maximum atomic E-state index is 12.5. The summed E-state index contributed by atoms with van der Waals surface area (Å²) in [6, 6.07) is 0. The van der Waals surface area contributed by atoms with Gasteiger partial charge in [-0.2, -0.15) is 8.78 Å². The van der Waals surface area contributed by atoms with Crippen LogP contribution in [0.25, 0.3) is 0 Å². The lowest BCUT2D eigenvalue weighted by Gasteiger charge is -2.32. The van der Waals surface area contributed by atoms with Crippen LogP contribution in [0.4, 0.5) is 17.6 Å². The lowest BCUT2D eigenvalue weighted by Crippen LogP contribution is -2.40. The highest BCUT2D eigenvalue weighted by Crippen LogP contribution is 2.33. The Morgan fingerprint density at radius 2 is 1.57 bits per heavy atom. The molecule has 0 amide bonds. The number of halogens is 4. The first-order chi connectivity index (χ1) is 6.11. The van der Waals surface area contributed by atoms with E-state index in [1.54, 1.807) is 27.7 Å². The van der Waals surface area contributed by atoms with E-state index in [0.29, 0.717) is 0 Å². The van der Waals surface area contributed by atoms with Crippen molar-refractivity contribution in [3.8, 4) is 0 Å². The van der Waals surface area contributed by atoms with Crippen LogP contribution >= 0.6 is 0 Å². The topological polar surface area (TPSA) is 9.23 Å². The van der Waals surface area contributed by atoms with Gasteiger partial charge in [0.25, 0.3) is 0 Å². The van der Waals surface area contributed by atoms with Crippen LogP contribution in [-0.4, -0.2) is 18.6 Å². The molecule has 0 aliphatic heterocycles. The summed E-state index contributed by atoms with van der Waals surface area (Å²) in [4.78, 5) is 0. The second-order valence-electron chi connectivity index (χ2n) is 4.24. The maximum Gasteiger partial charge on any atom is 0.416 e. The Hall–Kier alpha value is -0.320. The van der Waals surface area contributed by atoms with Crippen molar-refractivity contribution in [1.29, 1.82) is 0 Å². The van der Waals surface area contributed by atoms with E-state index in [4.69, 9.17) is 0 Å². The smallest absolute Gasteiger partial charge is 0.312 e. The first-order valence-corrected chi connectivity index (χ1v) is 4.45. The van der Waals surface area contributed by atoms with Crippen molar-refractivity contribution in [3.63, 3.8) is 0 Å². The molecule has 0 aliphatic carbocycles. The van der Waals surface area contributed by atoms with Gasteiger partial charge in [0.1, 0.15) is 0 Å². The van der Waals surface area contributed by atoms with Crippen molar-refractivity contribution in [1.82, 2.24) is 0 Å². The Bertz CT molecular complexity index is 174. The fraction of sp³-hybridized carbons (Fsp3) is 1.00. The Morgan fingerprint density at radius 1 is 1.14 bits per heavy atom. The third-order valence-electron chi connectivity index (χ3n) is 1.89. The van der Waals surface area contributed by atoms with Gasteiger partial charge in [0.15, 0.2) is 0 Å². The van der Waals surface area contributed by atoms with Gasteiger partial charge in [-0.25, -0.2) is 8.78 Å². The highest BCUT2D eigenvalue weighted by molar-refractivity contribution is 4.75. The molecule has 0 heterocycles. The highest BCUT2D eigenvalue weighted by atomic mass is 19.3. The molecule has 0 N–H and O–H groups in total. The zero-order valence-corrected chi connectivity index (χ0v) is 8.78. The standard InChI is InChI=1S/C9H16F4O/c1-5-6(8(2,3)4)14-9(12,13)7(10)11/h6-7H,5H2,1-4H3. The van der Waals surface area contributed by atoms with E-state index in [9.17, 15) is 17.6 Å². The molecule has 0 radical (unpaired) electrons. The summed E-state index contributed by atoms with van der Waals surface area (Å²) < 4.78 is 52.9. The number of alkyl halides is 4. The summed E-state index contributed by atoms with van der Waals surface area (Å²) in [6.07, 6.45) is -8.75. The number of ether oxygens (including phenoxy) is 1.